The average molecular weight is 274 g/mol. The maximum atomic E-state index is 11.0. The van der Waals surface area contributed by atoms with E-state index >= 15 is 0 Å². The number of nitro groups is 1. The third-order valence-electron chi connectivity index (χ3n) is 3.06. The standard InChI is InChI=1S/C15H18N2O3/c1-2-16-10-5-11-20-15-9-8-14(17(18)19)12-6-3-4-7-13(12)15/h3-4,6-9,16H,2,5,10-11H2,1H3. The van der Waals surface area contributed by atoms with E-state index in [1.165, 1.54) is 6.07 Å². The topological polar surface area (TPSA) is 64.4 Å². The smallest absolute Gasteiger partial charge is 0.277 e. The molecule has 0 saturated heterocycles. The first-order valence-corrected chi connectivity index (χ1v) is 6.73. The van der Waals surface area contributed by atoms with Crippen LogP contribution in [-0.2, 0) is 0 Å². The fourth-order valence-corrected chi connectivity index (χ4v) is 2.10. The van der Waals surface area contributed by atoms with Crippen LogP contribution < -0.4 is 10.1 Å². The molecule has 0 heterocycles. The Kier molecular flexibility index (Phi) is 4.90. The third kappa shape index (κ3) is 3.24. The lowest BCUT2D eigenvalue weighted by Gasteiger charge is -2.09. The number of nitrogens with zero attached hydrogens (tertiary/aromatic N) is 1. The van der Waals surface area contributed by atoms with Gasteiger partial charge >= 0.3 is 0 Å². The first-order chi connectivity index (χ1) is 9.74. The summed E-state index contributed by atoms with van der Waals surface area (Å²) in [5.41, 5.74) is 0.112. The van der Waals surface area contributed by atoms with Crippen LogP contribution in [0.5, 0.6) is 5.75 Å². The Morgan fingerprint density at radius 3 is 2.65 bits per heavy atom. The number of hydrogen-bond acceptors (Lipinski definition) is 4. The summed E-state index contributed by atoms with van der Waals surface area (Å²) < 4.78 is 5.74. The normalized spacial score (nSPS) is 10.7. The number of non-ortho nitro benzene ring substituents is 1. The molecule has 0 bridgehead atoms. The van der Waals surface area contributed by atoms with Crippen molar-refractivity contribution in [1.29, 1.82) is 0 Å². The summed E-state index contributed by atoms with van der Waals surface area (Å²) in [4.78, 5) is 10.7. The molecule has 106 valence electrons. The van der Waals surface area contributed by atoms with Crippen molar-refractivity contribution in [2.24, 2.45) is 0 Å². The molecule has 0 fully saturated rings. The Labute approximate surface area is 117 Å². The highest BCUT2D eigenvalue weighted by molar-refractivity contribution is 5.95. The fourth-order valence-electron chi connectivity index (χ4n) is 2.10. The molecule has 2 rings (SSSR count). The molecule has 5 heteroatoms. The Morgan fingerprint density at radius 2 is 1.95 bits per heavy atom. The van der Waals surface area contributed by atoms with Crippen LogP contribution in [0.1, 0.15) is 13.3 Å². The Hall–Kier alpha value is -2.14. The van der Waals surface area contributed by atoms with E-state index in [4.69, 9.17) is 4.74 Å². The quantitative estimate of drug-likeness (QED) is 0.478. The van der Waals surface area contributed by atoms with Gasteiger partial charge in [0.05, 0.1) is 16.9 Å². The molecule has 20 heavy (non-hydrogen) atoms. The second kappa shape index (κ2) is 6.86. The summed E-state index contributed by atoms with van der Waals surface area (Å²) in [6.07, 6.45) is 0.902. The lowest BCUT2D eigenvalue weighted by Crippen LogP contribution is -2.16. The average Bonchev–Trinajstić information content (AvgIpc) is 2.46. The number of rotatable bonds is 7. The van der Waals surface area contributed by atoms with Gasteiger partial charge in [0.15, 0.2) is 0 Å². The molecule has 0 aliphatic rings. The van der Waals surface area contributed by atoms with E-state index in [0.29, 0.717) is 17.7 Å². The third-order valence-corrected chi connectivity index (χ3v) is 3.06. The summed E-state index contributed by atoms with van der Waals surface area (Å²) in [5.74, 6) is 0.697. The summed E-state index contributed by atoms with van der Waals surface area (Å²) in [5, 5.41) is 15.6. The van der Waals surface area contributed by atoms with Crippen LogP contribution in [0.4, 0.5) is 5.69 Å². The zero-order valence-corrected chi connectivity index (χ0v) is 11.5. The van der Waals surface area contributed by atoms with Gasteiger partial charge in [-0.25, -0.2) is 0 Å². The summed E-state index contributed by atoms with van der Waals surface area (Å²) >= 11 is 0. The number of nitrogens with one attached hydrogen (secondary N) is 1. The minimum atomic E-state index is -0.364. The van der Waals surface area contributed by atoms with Crippen molar-refractivity contribution in [3.8, 4) is 5.75 Å². The minimum Gasteiger partial charge on any atom is -0.493 e. The second-order valence-electron chi connectivity index (χ2n) is 4.44. The summed E-state index contributed by atoms with van der Waals surface area (Å²) in [7, 11) is 0. The van der Waals surface area contributed by atoms with Crippen LogP contribution in [-0.4, -0.2) is 24.6 Å². The second-order valence-corrected chi connectivity index (χ2v) is 4.44. The van der Waals surface area contributed by atoms with Crippen molar-refractivity contribution in [3.05, 3.63) is 46.5 Å². The molecule has 0 saturated carbocycles. The lowest BCUT2D eigenvalue weighted by molar-refractivity contribution is -0.383. The van der Waals surface area contributed by atoms with E-state index in [1.54, 1.807) is 18.2 Å². The molecule has 0 amide bonds. The zero-order chi connectivity index (χ0) is 14.4. The van der Waals surface area contributed by atoms with Gasteiger partial charge < -0.3 is 10.1 Å². The molecule has 1 N–H and O–H groups in total. The SMILES string of the molecule is CCNCCCOc1ccc([N+](=O)[O-])c2ccccc12. The number of fused-ring (bicyclic) bond motifs is 1. The van der Waals surface area contributed by atoms with Crippen molar-refractivity contribution < 1.29 is 9.66 Å². The molecule has 0 unspecified atom stereocenters. The van der Waals surface area contributed by atoms with Crippen molar-refractivity contribution in [2.45, 2.75) is 13.3 Å². The molecule has 2 aromatic rings. The molecule has 5 nitrogen and oxygen atoms in total. The zero-order valence-electron chi connectivity index (χ0n) is 11.5. The predicted octanol–water partition coefficient (Wildman–Crippen LogP) is 3.13. The maximum Gasteiger partial charge on any atom is 0.277 e. The first kappa shape index (κ1) is 14.3. The summed E-state index contributed by atoms with van der Waals surface area (Å²) in [6, 6.07) is 10.4. The molecular weight excluding hydrogens is 256 g/mol. The van der Waals surface area contributed by atoms with Gasteiger partial charge in [-0.05, 0) is 31.6 Å². The van der Waals surface area contributed by atoms with Crippen LogP contribution in [0.15, 0.2) is 36.4 Å². The van der Waals surface area contributed by atoms with Crippen LogP contribution in [0.2, 0.25) is 0 Å². The highest BCUT2D eigenvalue weighted by atomic mass is 16.6. The van der Waals surface area contributed by atoms with Gasteiger partial charge in [-0.3, -0.25) is 10.1 Å². The van der Waals surface area contributed by atoms with E-state index in [0.717, 1.165) is 24.9 Å². The van der Waals surface area contributed by atoms with Crippen molar-refractivity contribution in [1.82, 2.24) is 5.32 Å². The maximum absolute atomic E-state index is 11.0. The van der Waals surface area contributed by atoms with E-state index in [-0.39, 0.29) is 10.6 Å². The number of ether oxygens (including phenoxy) is 1. The van der Waals surface area contributed by atoms with Gasteiger partial charge in [-0.2, -0.15) is 0 Å². The minimum absolute atomic E-state index is 0.112. The van der Waals surface area contributed by atoms with Gasteiger partial charge in [0.25, 0.3) is 5.69 Å². The fraction of sp³-hybridized carbons (Fsp3) is 0.333. The Balaban J connectivity index is 2.18. The van der Waals surface area contributed by atoms with E-state index in [9.17, 15) is 10.1 Å². The molecule has 0 aromatic heterocycles. The van der Waals surface area contributed by atoms with Gasteiger partial charge in [0.2, 0.25) is 0 Å². The van der Waals surface area contributed by atoms with Crippen molar-refractivity contribution in [3.63, 3.8) is 0 Å². The van der Waals surface area contributed by atoms with E-state index < -0.39 is 0 Å². The van der Waals surface area contributed by atoms with E-state index in [2.05, 4.69) is 12.2 Å². The predicted molar refractivity (Wildman–Crippen MR) is 79.3 cm³/mol. The van der Waals surface area contributed by atoms with E-state index in [1.807, 2.05) is 12.1 Å². The molecular formula is C15H18N2O3. The highest BCUT2D eigenvalue weighted by Crippen LogP contribution is 2.32. The molecule has 0 atom stereocenters. The lowest BCUT2D eigenvalue weighted by atomic mass is 10.1. The van der Waals surface area contributed by atoms with Gasteiger partial charge in [-0.15, -0.1) is 0 Å². The van der Waals surface area contributed by atoms with Crippen LogP contribution in [0, 0.1) is 10.1 Å². The first-order valence-electron chi connectivity index (χ1n) is 6.73. The van der Waals surface area contributed by atoms with Crippen molar-refractivity contribution in [2.75, 3.05) is 19.7 Å². The molecule has 0 aliphatic carbocycles. The van der Waals surface area contributed by atoms with Crippen LogP contribution in [0.3, 0.4) is 0 Å². The number of nitro benzene ring substituents is 1. The summed E-state index contributed by atoms with van der Waals surface area (Å²) in [6.45, 7) is 4.50. The largest absolute Gasteiger partial charge is 0.493 e. The molecule has 0 radical (unpaired) electrons. The van der Waals surface area contributed by atoms with Gasteiger partial charge in [0.1, 0.15) is 5.75 Å². The Bertz CT molecular complexity index is 599. The molecule has 2 aromatic carbocycles. The molecule has 0 aliphatic heterocycles. The van der Waals surface area contributed by atoms with Crippen LogP contribution >= 0.6 is 0 Å². The highest BCUT2D eigenvalue weighted by Gasteiger charge is 2.14. The van der Waals surface area contributed by atoms with Gasteiger partial charge in [0, 0.05) is 11.5 Å². The van der Waals surface area contributed by atoms with Crippen LogP contribution in [0.25, 0.3) is 10.8 Å². The number of benzene rings is 2. The Morgan fingerprint density at radius 1 is 1.20 bits per heavy atom. The van der Waals surface area contributed by atoms with Gasteiger partial charge in [-0.1, -0.05) is 25.1 Å². The molecule has 0 spiro atoms. The number of hydrogen-bond donors (Lipinski definition) is 1. The van der Waals surface area contributed by atoms with Crippen molar-refractivity contribution >= 4 is 16.5 Å². The monoisotopic (exact) mass is 274 g/mol.